The van der Waals surface area contributed by atoms with Crippen LogP contribution < -0.4 is 5.32 Å². The molecule has 2 heterocycles. The molecule has 1 aliphatic heterocycles. The van der Waals surface area contributed by atoms with Crippen molar-refractivity contribution in [2.45, 2.75) is 24.9 Å². The summed E-state index contributed by atoms with van der Waals surface area (Å²) in [7, 11) is 1.77. The SMILES string of the molecule is CN1C[C@@H](NC(=O)Cc2cccs2)C[C@H]1C(=O)O. The number of rotatable bonds is 4. The minimum atomic E-state index is -0.826. The van der Waals surface area contributed by atoms with Gasteiger partial charge in [-0.05, 0) is 24.9 Å². The van der Waals surface area contributed by atoms with E-state index in [1.54, 1.807) is 23.3 Å². The summed E-state index contributed by atoms with van der Waals surface area (Å²) >= 11 is 1.55. The molecule has 5 nitrogen and oxygen atoms in total. The molecule has 0 saturated carbocycles. The monoisotopic (exact) mass is 268 g/mol. The Morgan fingerprint density at radius 3 is 2.94 bits per heavy atom. The molecule has 0 radical (unpaired) electrons. The van der Waals surface area contributed by atoms with Gasteiger partial charge in [-0.1, -0.05) is 6.07 Å². The lowest BCUT2D eigenvalue weighted by molar-refractivity contribution is -0.141. The highest BCUT2D eigenvalue weighted by Crippen LogP contribution is 2.16. The standard InChI is InChI=1S/C12H16N2O3S/c1-14-7-8(5-10(14)12(16)17)13-11(15)6-9-3-2-4-18-9/h2-4,8,10H,5-7H2,1H3,(H,13,15)(H,16,17)/t8-,10-/m0/s1. The Balaban J connectivity index is 1.84. The summed E-state index contributed by atoms with van der Waals surface area (Å²) in [6, 6.07) is 3.28. The summed E-state index contributed by atoms with van der Waals surface area (Å²) in [5, 5.41) is 13.8. The topological polar surface area (TPSA) is 69.6 Å². The summed E-state index contributed by atoms with van der Waals surface area (Å²) in [6.07, 6.45) is 0.845. The van der Waals surface area contributed by atoms with Gasteiger partial charge in [0.05, 0.1) is 6.42 Å². The van der Waals surface area contributed by atoms with Crippen LogP contribution in [0.5, 0.6) is 0 Å². The third-order valence-corrected chi connectivity index (χ3v) is 3.99. The molecular formula is C12H16N2O3S. The van der Waals surface area contributed by atoms with Crippen molar-refractivity contribution < 1.29 is 14.7 Å². The number of carbonyl (C=O) groups is 2. The predicted octanol–water partition coefficient (Wildman–Crippen LogP) is 0.564. The number of carboxylic acids is 1. The fourth-order valence-electron chi connectivity index (χ4n) is 2.24. The second-order valence-electron chi connectivity index (χ2n) is 4.55. The van der Waals surface area contributed by atoms with Gasteiger partial charge in [0.15, 0.2) is 0 Å². The number of hydrogen-bond acceptors (Lipinski definition) is 4. The number of aliphatic carboxylic acids is 1. The first kappa shape index (κ1) is 13.0. The van der Waals surface area contributed by atoms with Crippen LogP contribution in [0.25, 0.3) is 0 Å². The molecule has 2 atom stereocenters. The lowest BCUT2D eigenvalue weighted by Crippen LogP contribution is -2.37. The van der Waals surface area contributed by atoms with E-state index < -0.39 is 12.0 Å². The second kappa shape index (κ2) is 5.49. The second-order valence-corrected chi connectivity index (χ2v) is 5.58. The van der Waals surface area contributed by atoms with Gasteiger partial charge in [0.1, 0.15) is 6.04 Å². The molecule has 98 valence electrons. The van der Waals surface area contributed by atoms with Gasteiger partial charge in [0.2, 0.25) is 5.91 Å². The molecule has 1 amide bonds. The van der Waals surface area contributed by atoms with Crippen molar-refractivity contribution in [2.24, 2.45) is 0 Å². The van der Waals surface area contributed by atoms with Crippen LogP contribution in [0.2, 0.25) is 0 Å². The van der Waals surface area contributed by atoms with E-state index in [1.807, 2.05) is 17.5 Å². The molecular weight excluding hydrogens is 252 g/mol. The quantitative estimate of drug-likeness (QED) is 0.837. The molecule has 1 aromatic rings. The maximum absolute atomic E-state index is 11.8. The molecule has 1 fully saturated rings. The van der Waals surface area contributed by atoms with Crippen molar-refractivity contribution in [1.82, 2.24) is 10.2 Å². The highest BCUT2D eigenvalue weighted by molar-refractivity contribution is 7.10. The summed E-state index contributed by atoms with van der Waals surface area (Å²) < 4.78 is 0. The summed E-state index contributed by atoms with van der Waals surface area (Å²) in [5.41, 5.74) is 0. The number of likely N-dealkylation sites (N-methyl/N-ethyl adjacent to an activating group) is 1. The van der Waals surface area contributed by atoms with Crippen LogP contribution >= 0.6 is 11.3 Å². The molecule has 18 heavy (non-hydrogen) atoms. The highest BCUT2D eigenvalue weighted by Gasteiger charge is 2.34. The number of amides is 1. The van der Waals surface area contributed by atoms with Crippen molar-refractivity contribution in [1.29, 1.82) is 0 Å². The van der Waals surface area contributed by atoms with E-state index in [0.717, 1.165) is 4.88 Å². The van der Waals surface area contributed by atoms with Gasteiger partial charge < -0.3 is 10.4 Å². The lowest BCUT2D eigenvalue weighted by atomic mass is 10.1. The van der Waals surface area contributed by atoms with E-state index in [4.69, 9.17) is 5.11 Å². The van der Waals surface area contributed by atoms with Gasteiger partial charge in [-0.3, -0.25) is 14.5 Å². The molecule has 2 N–H and O–H groups in total. The maximum Gasteiger partial charge on any atom is 0.320 e. The van der Waals surface area contributed by atoms with Gasteiger partial charge in [-0.25, -0.2) is 0 Å². The van der Waals surface area contributed by atoms with Crippen LogP contribution in [0, 0.1) is 0 Å². The number of hydrogen-bond donors (Lipinski definition) is 2. The highest BCUT2D eigenvalue weighted by atomic mass is 32.1. The fourth-order valence-corrected chi connectivity index (χ4v) is 2.95. The lowest BCUT2D eigenvalue weighted by Gasteiger charge is -2.13. The molecule has 0 aliphatic carbocycles. The fraction of sp³-hybridized carbons (Fsp3) is 0.500. The molecule has 0 unspecified atom stereocenters. The molecule has 2 rings (SSSR count). The maximum atomic E-state index is 11.8. The van der Waals surface area contributed by atoms with Crippen molar-refractivity contribution in [3.63, 3.8) is 0 Å². The van der Waals surface area contributed by atoms with Gasteiger partial charge in [0, 0.05) is 17.5 Å². The zero-order valence-corrected chi connectivity index (χ0v) is 10.9. The van der Waals surface area contributed by atoms with Crippen LogP contribution in [0.3, 0.4) is 0 Å². The van der Waals surface area contributed by atoms with Crippen molar-refractivity contribution in [2.75, 3.05) is 13.6 Å². The third-order valence-electron chi connectivity index (χ3n) is 3.11. The first-order valence-electron chi connectivity index (χ1n) is 5.81. The molecule has 6 heteroatoms. The van der Waals surface area contributed by atoms with Gasteiger partial charge in [0.25, 0.3) is 0 Å². The summed E-state index contributed by atoms with van der Waals surface area (Å²) in [5.74, 6) is -0.866. The summed E-state index contributed by atoms with van der Waals surface area (Å²) in [4.78, 5) is 25.5. The molecule has 0 aromatic carbocycles. The first-order chi connectivity index (χ1) is 8.56. The molecule has 0 spiro atoms. The first-order valence-corrected chi connectivity index (χ1v) is 6.69. The van der Waals surface area contributed by atoms with Crippen LogP contribution in [-0.2, 0) is 16.0 Å². The molecule has 1 saturated heterocycles. The normalized spacial score (nSPS) is 24.1. The van der Waals surface area contributed by atoms with Crippen molar-refractivity contribution in [3.05, 3.63) is 22.4 Å². The van der Waals surface area contributed by atoms with Crippen LogP contribution in [0.15, 0.2) is 17.5 Å². The predicted molar refractivity (Wildman–Crippen MR) is 68.6 cm³/mol. The van der Waals surface area contributed by atoms with Crippen LogP contribution in [0.1, 0.15) is 11.3 Å². The van der Waals surface area contributed by atoms with E-state index in [1.165, 1.54) is 0 Å². The van der Waals surface area contributed by atoms with Gasteiger partial charge in [-0.15, -0.1) is 11.3 Å². The van der Waals surface area contributed by atoms with E-state index in [2.05, 4.69) is 5.32 Å². The van der Waals surface area contributed by atoms with E-state index in [9.17, 15) is 9.59 Å². The largest absolute Gasteiger partial charge is 0.480 e. The number of carboxylic acid groups (broad SMARTS) is 1. The van der Waals surface area contributed by atoms with Crippen LogP contribution in [-0.4, -0.2) is 47.6 Å². The van der Waals surface area contributed by atoms with Gasteiger partial charge >= 0.3 is 5.97 Å². The summed E-state index contributed by atoms with van der Waals surface area (Å²) in [6.45, 7) is 0.590. The van der Waals surface area contributed by atoms with Gasteiger partial charge in [-0.2, -0.15) is 0 Å². The third kappa shape index (κ3) is 3.08. The van der Waals surface area contributed by atoms with Crippen molar-refractivity contribution >= 4 is 23.2 Å². The number of thiophene rings is 1. The number of nitrogens with one attached hydrogen (secondary N) is 1. The minimum absolute atomic E-state index is 0.0399. The Kier molecular flexibility index (Phi) is 3.98. The van der Waals surface area contributed by atoms with E-state index in [0.29, 0.717) is 19.4 Å². The Labute approximate surface area is 109 Å². The van der Waals surface area contributed by atoms with Crippen molar-refractivity contribution in [3.8, 4) is 0 Å². The Morgan fingerprint density at radius 2 is 2.39 bits per heavy atom. The molecule has 1 aromatic heterocycles. The number of likely N-dealkylation sites (tertiary alicyclic amines) is 1. The number of carbonyl (C=O) groups excluding carboxylic acids is 1. The molecule has 0 bridgehead atoms. The smallest absolute Gasteiger partial charge is 0.320 e. The Hall–Kier alpha value is -1.40. The minimum Gasteiger partial charge on any atom is -0.480 e. The zero-order chi connectivity index (χ0) is 13.1. The Bertz CT molecular complexity index is 433. The Morgan fingerprint density at radius 1 is 1.61 bits per heavy atom. The zero-order valence-electron chi connectivity index (χ0n) is 10.1. The average molecular weight is 268 g/mol. The van der Waals surface area contributed by atoms with Crippen LogP contribution in [0.4, 0.5) is 0 Å². The molecule has 1 aliphatic rings. The van der Waals surface area contributed by atoms with E-state index >= 15 is 0 Å². The van der Waals surface area contributed by atoms with E-state index in [-0.39, 0.29) is 11.9 Å². The number of nitrogens with zero attached hydrogens (tertiary/aromatic N) is 1. The average Bonchev–Trinajstić information content (AvgIpc) is 2.88.